The van der Waals surface area contributed by atoms with Gasteiger partial charge < -0.3 is 14.6 Å². The molecule has 0 unspecified atom stereocenters. The highest BCUT2D eigenvalue weighted by molar-refractivity contribution is 8.00. The minimum atomic E-state index is -0.386. The van der Waals surface area contributed by atoms with Gasteiger partial charge in [-0.15, -0.1) is 11.8 Å². The quantitative estimate of drug-likeness (QED) is 0.614. The van der Waals surface area contributed by atoms with Gasteiger partial charge in [-0.3, -0.25) is 29.1 Å². The molecule has 0 spiro atoms. The predicted octanol–water partition coefficient (Wildman–Crippen LogP) is 1.16. The number of nitrogens with one attached hydrogen (secondary N) is 1. The number of nitrogens with zero attached hydrogens (tertiary/aromatic N) is 3. The largest absolute Gasteiger partial charge is 0.378 e. The molecule has 35 heavy (non-hydrogen) atoms. The Bertz CT molecular complexity index is 1270. The van der Waals surface area contributed by atoms with Gasteiger partial charge in [-0.25, -0.2) is 0 Å². The van der Waals surface area contributed by atoms with Crippen LogP contribution in [0.2, 0.25) is 0 Å². The Morgan fingerprint density at radius 2 is 1.91 bits per heavy atom. The van der Waals surface area contributed by atoms with Crippen LogP contribution in [0.15, 0.2) is 34.3 Å². The van der Waals surface area contributed by atoms with E-state index in [4.69, 9.17) is 4.74 Å². The molecule has 0 radical (unpaired) electrons. The van der Waals surface area contributed by atoms with Crippen molar-refractivity contribution >= 4 is 40.8 Å². The minimum Gasteiger partial charge on any atom is -0.378 e. The van der Waals surface area contributed by atoms with E-state index in [2.05, 4.69) is 9.97 Å². The van der Waals surface area contributed by atoms with Crippen LogP contribution in [0.4, 0.5) is 0 Å². The third-order valence-corrected chi connectivity index (χ3v) is 11.1. The number of morpholine rings is 1. The van der Waals surface area contributed by atoms with Gasteiger partial charge in [0.1, 0.15) is 6.54 Å². The highest BCUT2D eigenvalue weighted by Gasteiger charge is 2.69. The van der Waals surface area contributed by atoms with E-state index in [1.807, 2.05) is 18.3 Å². The number of hydrogen-bond acceptors (Lipinski definition) is 8. The molecule has 2 aromatic rings. The normalized spacial score (nSPS) is 35.3. The van der Waals surface area contributed by atoms with Crippen LogP contribution in [0.1, 0.15) is 22.8 Å². The third-order valence-electron chi connectivity index (χ3n) is 8.52. The molecular formula is C24H24N4O5S2. The van der Waals surface area contributed by atoms with Crippen LogP contribution >= 0.6 is 23.1 Å². The zero-order valence-electron chi connectivity index (χ0n) is 18.8. The SMILES string of the molecule is O=C(CN1C(=O)[C@@H]2[C@H]3C[C@@H]([C@@H]4Sc5[nH]c(=O)sc5[C@H](c5cccnc5)[C@@H]34)[C@H]2C1=O)N1CCOCC1. The number of thioether (sulfide) groups is 1. The maximum absolute atomic E-state index is 13.6. The molecule has 2 saturated carbocycles. The second kappa shape index (κ2) is 8.01. The number of aromatic amines is 1. The summed E-state index contributed by atoms with van der Waals surface area (Å²) in [7, 11) is 0. The number of imide groups is 1. The van der Waals surface area contributed by atoms with Crippen molar-refractivity contribution in [1.29, 1.82) is 0 Å². The lowest BCUT2D eigenvalue weighted by molar-refractivity contribution is -0.148. The van der Waals surface area contributed by atoms with Crippen LogP contribution in [0, 0.1) is 29.6 Å². The van der Waals surface area contributed by atoms with Crippen LogP contribution in [0.3, 0.4) is 0 Å². The summed E-state index contributed by atoms with van der Waals surface area (Å²) < 4.78 is 5.32. The molecule has 5 heterocycles. The summed E-state index contributed by atoms with van der Waals surface area (Å²) in [5.74, 6) is -1.15. The van der Waals surface area contributed by atoms with Crippen molar-refractivity contribution in [3.8, 4) is 0 Å². The number of amides is 3. The Labute approximate surface area is 209 Å². The van der Waals surface area contributed by atoms with Gasteiger partial charge in [-0.05, 0) is 35.8 Å². The van der Waals surface area contributed by atoms with Gasteiger partial charge in [0.15, 0.2) is 0 Å². The summed E-state index contributed by atoms with van der Waals surface area (Å²) in [4.78, 5) is 63.4. The van der Waals surface area contributed by atoms with Crippen molar-refractivity contribution in [2.24, 2.45) is 29.6 Å². The number of carbonyl (C=O) groups excluding carboxylic acids is 3. The Hall–Kier alpha value is -2.50. The van der Waals surface area contributed by atoms with Crippen LogP contribution in [-0.2, 0) is 19.1 Å². The summed E-state index contributed by atoms with van der Waals surface area (Å²) in [6.07, 6.45) is 4.42. The zero-order chi connectivity index (χ0) is 23.8. The number of hydrogen-bond donors (Lipinski definition) is 1. The summed E-state index contributed by atoms with van der Waals surface area (Å²) in [5, 5.41) is 1.02. The fourth-order valence-corrected chi connectivity index (χ4v) is 10.1. The van der Waals surface area contributed by atoms with E-state index in [9.17, 15) is 19.2 Å². The van der Waals surface area contributed by atoms with E-state index in [0.29, 0.717) is 26.3 Å². The number of rotatable bonds is 3. The van der Waals surface area contributed by atoms with Crippen molar-refractivity contribution in [2.75, 3.05) is 32.8 Å². The van der Waals surface area contributed by atoms with E-state index in [0.717, 1.165) is 21.9 Å². The van der Waals surface area contributed by atoms with Crippen LogP contribution < -0.4 is 4.87 Å². The monoisotopic (exact) mass is 512 g/mol. The molecule has 3 amide bonds. The number of likely N-dealkylation sites (tertiary alicyclic amines) is 1. The van der Waals surface area contributed by atoms with Gasteiger partial charge in [0, 0.05) is 41.5 Å². The van der Waals surface area contributed by atoms with Gasteiger partial charge in [-0.1, -0.05) is 17.4 Å². The standard InChI is InChI=1S/C24H24N4O5S2/c29-14(27-4-6-33-7-5-27)10-28-22(30)17-12-8-13(18(17)23(28)31)19-16(12)15(11-2-1-3-25-9-11)20-21(34-19)26-24(32)35-20/h1-3,9,12-13,15-19H,4-8,10H2,(H,26,32)/t12-,13+,15+,16+,17+,18+,19-/m0/s1. The number of aromatic nitrogens is 2. The first-order valence-corrected chi connectivity index (χ1v) is 13.7. The second-order valence-corrected chi connectivity index (χ2v) is 12.2. The van der Waals surface area contributed by atoms with Crippen LogP contribution in [0.5, 0.6) is 0 Å². The Kier molecular flexibility index (Phi) is 4.98. The van der Waals surface area contributed by atoms with Gasteiger partial charge in [-0.2, -0.15) is 0 Å². The molecule has 4 fully saturated rings. The van der Waals surface area contributed by atoms with Crippen LogP contribution in [0.25, 0.3) is 0 Å². The van der Waals surface area contributed by atoms with Crippen molar-refractivity contribution in [3.63, 3.8) is 0 Å². The highest BCUT2D eigenvalue weighted by Crippen LogP contribution is 2.68. The molecule has 7 rings (SSSR count). The third kappa shape index (κ3) is 3.14. The van der Waals surface area contributed by atoms with Crippen molar-refractivity contribution < 1.29 is 19.1 Å². The number of fused-ring (bicyclic) bond motifs is 9. The van der Waals surface area contributed by atoms with Crippen molar-refractivity contribution in [2.45, 2.75) is 22.6 Å². The van der Waals surface area contributed by atoms with E-state index < -0.39 is 0 Å². The molecule has 2 aliphatic carbocycles. The molecule has 2 aromatic heterocycles. The first kappa shape index (κ1) is 21.8. The number of carbonyl (C=O) groups is 3. The van der Waals surface area contributed by atoms with Gasteiger partial charge in [0.2, 0.25) is 17.7 Å². The van der Waals surface area contributed by atoms with Gasteiger partial charge in [0.05, 0.1) is 30.1 Å². The predicted molar refractivity (Wildman–Crippen MR) is 127 cm³/mol. The van der Waals surface area contributed by atoms with E-state index in [-0.39, 0.29) is 69.9 Å². The lowest BCUT2D eigenvalue weighted by Crippen LogP contribution is -2.47. The molecule has 2 bridgehead atoms. The molecule has 5 aliphatic rings. The van der Waals surface area contributed by atoms with Gasteiger partial charge >= 0.3 is 4.87 Å². The van der Waals surface area contributed by atoms with Gasteiger partial charge in [0.25, 0.3) is 0 Å². The minimum absolute atomic E-state index is 0.0308. The molecular weight excluding hydrogens is 488 g/mol. The average Bonchev–Trinajstić information content (AvgIpc) is 3.61. The summed E-state index contributed by atoms with van der Waals surface area (Å²) in [6.45, 7) is 1.75. The topological polar surface area (TPSA) is 113 Å². The summed E-state index contributed by atoms with van der Waals surface area (Å²) in [6, 6.07) is 3.94. The number of pyridine rings is 1. The Balaban J connectivity index is 1.22. The van der Waals surface area contributed by atoms with Crippen LogP contribution in [-0.4, -0.2) is 75.6 Å². The molecule has 0 aromatic carbocycles. The maximum atomic E-state index is 13.6. The summed E-state index contributed by atoms with van der Waals surface area (Å²) >= 11 is 2.90. The first-order chi connectivity index (χ1) is 17.0. The summed E-state index contributed by atoms with van der Waals surface area (Å²) in [5.41, 5.74) is 1.04. The second-order valence-electron chi connectivity index (χ2n) is 10.0. The zero-order valence-corrected chi connectivity index (χ0v) is 20.4. The Morgan fingerprint density at radius 3 is 2.66 bits per heavy atom. The number of ether oxygens (including phenoxy) is 1. The fourth-order valence-electron chi connectivity index (χ4n) is 7.22. The van der Waals surface area contributed by atoms with E-state index in [1.54, 1.807) is 22.9 Å². The maximum Gasteiger partial charge on any atom is 0.305 e. The molecule has 9 nitrogen and oxygen atoms in total. The lowest BCUT2D eigenvalue weighted by Gasteiger charge is -2.42. The number of H-pyrrole nitrogens is 1. The molecule has 2 saturated heterocycles. The smallest absolute Gasteiger partial charge is 0.305 e. The highest BCUT2D eigenvalue weighted by atomic mass is 32.2. The molecule has 11 heteroatoms. The first-order valence-electron chi connectivity index (χ1n) is 12.0. The van der Waals surface area contributed by atoms with Crippen molar-refractivity contribution in [1.82, 2.24) is 19.8 Å². The lowest BCUT2D eigenvalue weighted by atomic mass is 9.68. The molecule has 3 aliphatic heterocycles. The van der Waals surface area contributed by atoms with E-state index >= 15 is 0 Å². The van der Waals surface area contributed by atoms with E-state index in [1.165, 1.54) is 16.2 Å². The number of thiazole rings is 1. The average molecular weight is 513 g/mol. The molecule has 182 valence electrons. The Morgan fingerprint density at radius 1 is 1.14 bits per heavy atom. The molecule has 1 N–H and O–H groups in total. The van der Waals surface area contributed by atoms with Crippen molar-refractivity contribution in [3.05, 3.63) is 44.6 Å². The molecule has 7 atom stereocenters. The fraction of sp³-hybridized carbons (Fsp3) is 0.542.